The van der Waals surface area contributed by atoms with Gasteiger partial charge >= 0.3 is 5.69 Å². The topological polar surface area (TPSA) is 77.5 Å². The van der Waals surface area contributed by atoms with Crippen LogP contribution in [0.3, 0.4) is 0 Å². The van der Waals surface area contributed by atoms with Gasteiger partial charge in [-0.05, 0) is 37.5 Å². The van der Waals surface area contributed by atoms with Crippen LogP contribution >= 0.6 is 0 Å². The van der Waals surface area contributed by atoms with Gasteiger partial charge in [0.05, 0.1) is 13.2 Å². The van der Waals surface area contributed by atoms with E-state index in [1.165, 1.54) is 20.3 Å². The number of aryl methyl sites for hydroxylation is 3. The molecule has 0 N–H and O–H groups in total. The highest BCUT2D eigenvalue weighted by molar-refractivity contribution is 5.77. The summed E-state index contributed by atoms with van der Waals surface area (Å²) in [5.41, 5.74) is 3.91. The predicted octanol–water partition coefficient (Wildman–Crippen LogP) is 1.39. The number of imidazole rings is 1. The molecule has 1 fully saturated rings. The Morgan fingerprint density at radius 2 is 1.81 bits per heavy atom. The summed E-state index contributed by atoms with van der Waals surface area (Å²) in [6.45, 7) is 9.79. The van der Waals surface area contributed by atoms with Crippen molar-refractivity contribution in [3.05, 3.63) is 50.2 Å². The highest BCUT2D eigenvalue weighted by Crippen LogP contribution is 2.33. The Labute approximate surface area is 186 Å². The maximum Gasteiger partial charge on any atom is 0.332 e. The molecule has 0 bridgehead atoms. The molecule has 0 spiro atoms. The van der Waals surface area contributed by atoms with E-state index in [4.69, 9.17) is 9.72 Å². The molecule has 2 aliphatic rings. The lowest BCUT2D eigenvalue weighted by Gasteiger charge is -2.30. The Morgan fingerprint density at radius 3 is 2.59 bits per heavy atom. The Kier molecular flexibility index (Phi) is 5.38. The lowest BCUT2D eigenvalue weighted by Crippen LogP contribution is -2.44. The van der Waals surface area contributed by atoms with Gasteiger partial charge in [-0.25, -0.2) is 4.79 Å². The summed E-state index contributed by atoms with van der Waals surface area (Å²) in [6, 6.07) is 6.24. The average molecular weight is 439 g/mol. The standard InChI is InChI=1S/C23H30N6O3/c1-16-6-4-7-18(17(16)2)27-8-5-9-28-19-20(24-22(27)28)25(3)23(31)29(21(19)30)11-10-26-12-14-32-15-13-26/h4,6-7H,5,8-15H2,1-3H3. The molecule has 9 heteroatoms. The molecule has 3 aromatic rings. The number of fused-ring (bicyclic) bond motifs is 3. The molecule has 0 radical (unpaired) electrons. The van der Waals surface area contributed by atoms with Crippen molar-refractivity contribution >= 4 is 22.8 Å². The second kappa shape index (κ2) is 8.22. The molecule has 170 valence electrons. The van der Waals surface area contributed by atoms with Crippen LogP contribution in [0.2, 0.25) is 0 Å². The fraction of sp³-hybridized carbons (Fsp3) is 0.522. The molecule has 0 unspecified atom stereocenters. The van der Waals surface area contributed by atoms with Crippen molar-refractivity contribution in [3.63, 3.8) is 0 Å². The maximum absolute atomic E-state index is 13.5. The van der Waals surface area contributed by atoms with E-state index < -0.39 is 0 Å². The van der Waals surface area contributed by atoms with Crippen LogP contribution < -0.4 is 16.1 Å². The van der Waals surface area contributed by atoms with Crippen molar-refractivity contribution in [2.24, 2.45) is 7.05 Å². The summed E-state index contributed by atoms with van der Waals surface area (Å²) in [7, 11) is 1.70. The summed E-state index contributed by atoms with van der Waals surface area (Å²) in [5.74, 6) is 0.734. The van der Waals surface area contributed by atoms with Gasteiger partial charge in [0, 0.05) is 52.0 Å². The third kappa shape index (κ3) is 3.36. The van der Waals surface area contributed by atoms with Crippen molar-refractivity contribution in [2.45, 2.75) is 33.4 Å². The first-order valence-corrected chi connectivity index (χ1v) is 11.3. The van der Waals surface area contributed by atoms with Gasteiger partial charge in [-0.3, -0.25) is 18.8 Å². The Bertz CT molecular complexity index is 1280. The van der Waals surface area contributed by atoms with Crippen molar-refractivity contribution in [1.29, 1.82) is 0 Å². The molecule has 9 nitrogen and oxygen atoms in total. The fourth-order valence-electron chi connectivity index (χ4n) is 4.78. The number of ether oxygens (including phenoxy) is 1. The second-order valence-corrected chi connectivity index (χ2v) is 8.71. The van der Waals surface area contributed by atoms with Crippen molar-refractivity contribution in [2.75, 3.05) is 44.3 Å². The molecule has 0 atom stereocenters. The zero-order valence-corrected chi connectivity index (χ0v) is 19.0. The quantitative estimate of drug-likeness (QED) is 0.613. The summed E-state index contributed by atoms with van der Waals surface area (Å²) >= 11 is 0. The minimum Gasteiger partial charge on any atom is -0.379 e. The van der Waals surface area contributed by atoms with Gasteiger partial charge in [0.1, 0.15) is 0 Å². The molecule has 0 amide bonds. The van der Waals surface area contributed by atoms with Crippen molar-refractivity contribution < 1.29 is 4.74 Å². The van der Waals surface area contributed by atoms with Crippen LogP contribution in [0.5, 0.6) is 0 Å². The highest BCUT2D eigenvalue weighted by Gasteiger charge is 2.28. The lowest BCUT2D eigenvalue weighted by atomic mass is 10.1. The zero-order valence-electron chi connectivity index (χ0n) is 19.0. The zero-order chi connectivity index (χ0) is 22.4. The molecule has 0 saturated carbocycles. The number of aromatic nitrogens is 4. The number of hydrogen-bond donors (Lipinski definition) is 0. The first-order valence-electron chi connectivity index (χ1n) is 11.3. The summed E-state index contributed by atoms with van der Waals surface area (Å²) < 4.78 is 10.3. The van der Waals surface area contributed by atoms with Gasteiger partial charge in [0.15, 0.2) is 11.2 Å². The van der Waals surface area contributed by atoms with Gasteiger partial charge in [0.2, 0.25) is 5.95 Å². The van der Waals surface area contributed by atoms with Crippen LogP contribution in [0.25, 0.3) is 11.2 Å². The normalized spacial score (nSPS) is 17.2. The van der Waals surface area contributed by atoms with Crippen LogP contribution in [0.15, 0.2) is 27.8 Å². The van der Waals surface area contributed by atoms with E-state index in [0.717, 1.165) is 37.7 Å². The number of nitrogens with zero attached hydrogens (tertiary/aromatic N) is 6. The summed E-state index contributed by atoms with van der Waals surface area (Å²) in [5, 5.41) is 0. The average Bonchev–Trinajstić information content (AvgIpc) is 3.20. The summed E-state index contributed by atoms with van der Waals surface area (Å²) in [6.07, 6.45) is 0.905. The van der Waals surface area contributed by atoms with Gasteiger partial charge in [0.25, 0.3) is 5.56 Å². The minimum atomic E-state index is -0.315. The third-order valence-electron chi connectivity index (χ3n) is 6.83. The number of anilines is 2. The van der Waals surface area contributed by atoms with E-state index in [1.807, 2.05) is 10.6 Å². The van der Waals surface area contributed by atoms with E-state index >= 15 is 0 Å². The van der Waals surface area contributed by atoms with Crippen LogP contribution in [-0.2, 0) is 24.9 Å². The van der Waals surface area contributed by atoms with Gasteiger partial charge in [-0.15, -0.1) is 0 Å². The monoisotopic (exact) mass is 438 g/mol. The molecule has 4 heterocycles. The Balaban J connectivity index is 1.60. The van der Waals surface area contributed by atoms with Gasteiger partial charge in [-0.2, -0.15) is 4.98 Å². The molecule has 1 saturated heterocycles. The van der Waals surface area contributed by atoms with Crippen LogP contribution in [-0.4, -0.2) is 63.0 Å². The highest BCUT2D eigenvalue weighted by atomic mass is 16.5. The molecule has 0 aliphatic carbocycles. The molecular formula is C23H30N6O3. The number of rotatable bonds is 4. The molecule has 5 rings (SSSR count). The number of morpholine rings is 1. The first kappa shape index (κ1) is 21.0. The van der Waals surface area contributed by atoms with E-state index in [-0.39, 0.29) is 11.2 Å². The molecule has 2 aromatic heterocycles. The smallest absolute Gasteiger partial charge is 0.332 e. The van der Waals surface area contributed by atoms with Gasteiger partial charge in [-0.1, -0.05) is 12.1 Å². The fourth-order valence-corrected chi connectivity index (χ4v) is 4.78. The Morgan fingerprint density at radius 1 is 1.03 bits per heavy atom. The SMILES string of the molecule is Cc1cccc(N2CCCn3c2nc2c3c(=O)n(CCN3CCOCC3)c(=O)n2C)c1C. The predicted molar refractivity (Wildman–Crippen MR) is 124 cm³/mol. The lowest BCUT2D eigenvalue weighted by molar-refractivity contribution is 0.0361. The van der Waals surface area contributed by atoms with E-state index in [1.54, 1.807) is 7.05 Å². The van der Waals surface area contributed by atoms with Crippen LogP contribution in [0, 0.1) is 13.8 Å². The second-order valence-electron chi connectivity index (χ2n) is 8.71. The Hall–Kier alpha value is -2.91. The maximum atomic E-state index is 13.5. The minimum absolute atomic E-state index is 0.252. The molecule has 32 heavy (non-hydrogen) atoms. The first-order chi connectivity index (χ1) is 15.5. The molecular weight excluding hydrogens is 408 g/mol. The number of benzene rings is 1. The van der Waals surface area contributed by atoms with E-state index in [0.29, 0.717) is 44.0 Å². The third-order valence-corrected chi connectivity index (χ3v) is 6.83. The molecule has 2 aliphatic heterocycles. The largest absolute Gasteiger partial charge is 0.379 e. The number of hydrogen-bond acceptors (Lipinski definition) is 6. The van der Waals surface area contributed by atoms with Crippen molar-refractivity contribution in [3.8, 4) is 0 Å². The molecule has 1 aromatic carbocycles. The van der Waals surface area contributed by atoms with Crippen LogP contribution in [0.4, 0.5) is 11.6 Å². The van der Waals surface area contributed by atoms with Gasteiger partial charge < -0.3 is 14.2 Å². The van der Waals surface area contributed by atoms with E-state index in [9.17, 15) is 9.59 Å². The van der Waals surface area contributed by atoms with E-state index in [2.05, 4.69) is 35.8 Å². The van der Waals surface area contributed by atoms with Crippen LogP contribution in [0.1, 0.15) is 17.5 Å². The van der Waals surface area contributed by atoms with Crippen molar-refractivity contribution in [1.82, 2.24) is 23.6 Å². The summed E-state index contributed by atoms with van der Waals surface area (Å²) in [4.78, 5) is 35.8.